The summed E-state index contributed by atoms with van der Waals surface area (Å²) < 4.78 is 0. The molecule has 0 aliphatic rings. The minimum atomic E-state index is -1.12. The molecule has 37 heavy (non-hydrogen) atoms. The van der Waals surface area contributed by atoms with Crippen molar-refractivity contribution in [3.8, 4) is 0 Å². The molecule has 0 aromatic heterocycles. The third kappa shape index (κ3) is 9.36. The highest BCUT2D eigenvalue weighted by Gasteiger charge is 2.29. The van der Waals surface area contributed by atoms with Gasteiger partial charge in [-0.05, 0) is 24.3 Å². The van der Waals surface area contributed by atoms with Gasteiger partial charge >= 0.3 is 6.03 Å². The molecule has 2 rings (SSSR count). The molecular weight excluding hydrogens is 478 g/mol. The van der Waals surface area contributed by atoms with Gasteiger partial charge in [-0.1, -0.05) is 69.3 Å². The van der Waals surface area contributed by atoms with Gasteiger partial charge < -0.3 is 21.3 Å². The van der Waals surface area contributed by atoms with Crippen LogP contribution in [-0.4, -0.2) is 40.6 Å². The van der Waals surface area contributed by atoms with Crippen molar-refractivity contribution in [3.63, 3.8) is 0 Å². The zero-order valence-electron chi connectivity index (χ0n) is 21.2. The predicted molar refractivity (Wildman–Crippen MR) is 137 cm³/mol. The van der Waals surface area contributed by atoms with E-state index in [9.17, 15) is 29.3 Å². The van der Waals surface area contributed by atoms with Crippen molar-refractivity contribution >= 4 is 29.3 Å². The van der Waals surface area contributed by atoms with Gasteiger partial charge in [-0.2, -0.15) is 0 Å². The van der Waals surface area contributed by atoms with Crippen LogP contribution in [0, 0.1) is 16.0 Å². The molecule has 1 unspecified atom stereocenters. The van der Waals surface area contributed by atoms with E-state index in [1.165, 1.54) is 18.2 Å². The Balaban J connectivity index is 1.98. The van der Waals surface area contributed by atoms with E-state index in [1.807, 2.05) is 44.2 Å². The van der Waals surface area contributed by atoms with Crippen LogP contribution >= 0.6 is 0 Å². The Kier molecular flexibility index (Phi) is 11.2. The largest absolute Gasteiger partial charge is 0.345 e. The Morgan fingerprint density at radius 1 is 0.865 bits per heavy atom. The van der Waals surface area contributed by atoms with Crippen LogP contribution in [-0.2, 0) is 27.5 Å². The molecule has 0 heterocycles. The highest BCUT2D eigenvalue weighted by Crippen LogP contribution is 2.17. The fraction of sp³-hybridized carbons (Fsp3) is 0.385. The van der Waals surface area contributed by atoms with Gasteiger partial charge in [0.25, 0.3) is 11.6 Å². The number of Topliss-reactive ketones (excluding diaryl/α,β-unsaturated/α-hetero) is 1. The summed E-state index contributed by atoms with van der Waals surface area (Å²) in [5.74, 6) is -2.38. The summed E-state index contributed by atoms with van der Waals surface area (Å²) in [6, 6.07) is 12.6. The van der Waals surface area contributed by atoms with Gasteiger partial charge in [0, 0.05) is 24.7 Å². The Labute approximate surface area is 215 Å². The Bertz CT molecular complexity index is 1110. The summed E-state index contributed by atoms with van der Waals surface area (Å²) in [7, 11) is 0. The first-order valence-corrected chi connectivity index (χ1v) is 12.0. The Hall–Kier alpha value is -4.28. The van der Waals surface area contributed by atoms with Gasteiger partial charge in [0.05, 0.1) is 11.0 Å². The highest BCUT2D eigenvalue weighted by molar-refractivity contribution is 6.38. The number of nitrogens with one attached hydrogen (secondary N) is 4. The molecule has 0 saturated heterocycles. The molecule has 11 nitrogen and oxygen atoms in total. The molecule has 0 bridgehead atoms. The monoisotopic (exact) mass is 511 g/mol. The van der Waals surface area contributed by atoms with E-state index in [0.717, 1.165) is 5.56 Å². The molecule has 11 heteroatoms. The van der Waals surface area contributed by atoms with Gasteiger partial charge in [-0.15, -0.1) is 0 Å². The van der Waals surface area contributed by atoms with Gasteiger partial charge in [0.1, 0.15) is 6.04 Å². The normalized spacial score (nSPS) is 12.2. The highest BCUT2D eigenvalue weighted by atomic mass is 16.6. The van der Waals surface area contributed by atoms with Crippen LogP contribution in [0.4, 0.5) is 10.5 Å². The first-order valence-electron chi connectivity index (χ1n) is 12.0. The fourth-order valence-corrected chi connectivity index (χ4v) is 3.58. The number of urea groups is 1. The van der Waals surface area contributed by atoms with Crippen molar-refractivity contribution in [1.29, 1.82) is 0 Å². The second kappa shape index (κ2) is 14.3. The van der Waals surface area contributed by atoms with E-state index in [1.54, 1.807) is 13.0 Å². The lowest BCUT2D eigenvalue weighted by Gasteiger charge is -2.23. The number of ketones is 1. The minimum Gasteiger partial charge on any atom is -0.345 e. The zero-order chi connectivity index (χ0) is 27.4. The number of nitro groups is 1. The SMILES string of the molecule is CCC(NC(=O)[C@H](CC(C)C)NC(=O)NCc1ccccc1)C(=O)C(=O)NCc1ccccc1[N+](=O)[O-]. The molecule has 0 fully saturated rings. The quantitative estimate of drug-likeness (QED) is 0.184. The molecule has 0 aliphatic heterocycles. The molecule has 0 radical (unpaired) electrons. The lowest BCUT2D eigenvalue weighted by molar-refractivity contribution is -0.385. The van der Waals surface area contributed by atoms with Crippen molar-refractivity contribution in [2.24, 2.45) is 5.92 Å². The van der Waals surface area contributed by atoms with E-state index in [4.69, 9.17) is 0 Å². The average molecular weight is 512 g/mol. The zero-order valence-corrected chi connectivity index (χ0v) is 21.2. The number of hydrogen-bond donors (Lipinski definition) is 4. The maximum atomic E-state index is 13.0. The lowest BCUT2D eigenvalue weighted by atomic mass is 10.0. The molecule has 0 spiro atoms. The standard InChI is InChI=1S/C26H33N5O6/c1-4-20(23(32)25(34)27-16-19-12-8-9-13-22(19)31(36)37)29-24(33)21(14-17(2)3)30-26(35)28-15-18-10-6-5-7-11-18/h5-13,17,20-21H,4,14-16H2,1-3H3,(H,27,34)(H,29,33)(H2,28,30,35)/t20?,21-/m0/s1. The number of nitrogens with zero attached hydrogens (tertiary/aromatic N) is 1. The van der Waals surface area contributed by atoms with Gasteiger partial charge in [0.15, 0.2) is 0 Å². The summed E-state index contributed by atoms with van der Waals surface area (Å²) in [6.45, 7) is 5.48. The average Bonchev–Trinajstić information content (AvgIpc) is 2.88. The van der Waals surface area contributed by atoms with Gasteiger partial charge in [-0.25, -0.2) is 4.79 Å². The van der Waals surface area contributed by atoms with Gasteiger partial charge in [-0.3, -0.25) is 24.5 Å². The van der Waals surface area contributed by atoms with E-state index in [2.05, 4.69) is 21.3 Å². The molecule has 0 aliphatic carbocycles. The van der Waals surface area contributed by atoms with Crippen LogP contribution < -0.4 is 21.3 Å². The van der Waals surface area contributed by atoms with E-state index in [-0.39, 0.29) is 36.7 Å². The Morgan fingerprint density at radius 3 is 2.14 bits per heavy atom. The predicted octanol–water partition coefficient (Wildman–Crippen LogP) is 2.59. The van der Waals surface area contributed by atoms with Crippen LogP contribution in [0.2, 0.25) is 0 Å². The van der Waals surface area contributed by atoms with Crippen molar-refractivity contribution in [2.75, 3.05) is 0 Å². The topological polar surface area (TPSA) is 160 Å². The molecule has 0 saturated carbocycles. The lowest BCUT2D eigenvalue weighted by Crippen LogP contribution is -2.55. The number of rotatable bonds is 13. The van der Waals surface area contributed by atoms with Gasteiger partial charge in [0.2, 0.25) is 11.7 Å². The summed E-state index contributed by atoms with van der Waals surface area (Å²) in [6.07, 6.45) is 0.456. The fourth-order valence-electron chi connectivity index (χ4n) is 3.58. The van der Waals surface area contributed by atoms with Crippen molar-refractivity contribution in [1.82, 2.24) is 21.3 Å². The number of benzene rings is 2. The van der Waals surface area contributed by atoms with E-state index >= 15 is 0 Å². The number of carbonyl (C=O) groups excluding carboxylic acids is 4. The first-order chi connectivity index (χ1) is 17.6. The third-order valence-electron chi connectivity index (χ3n) is 5.52. The molecule has 2 atom stereocenters. The van der Waals surface area contributed by atoms with E-state index in [0.29, 0.717) is 6.42 Å². The Morgan fingerprint density at radius 2 is 1.51 bits per heavy atom. The molecular formula is C26H33N5O6. The number of amides is 4. The van der Waals surface area contributed by atoms with E-state index < -0.39 is 40.6 Å². The molecule has 2 aromatic rings. The molecule has 2 aromatic carbocycles. The van der Waals surface area contributed by atoms with Crippen molar-refractivity contribution < 1.29 is 24.1 Å². The molecule has 4 N–H and O–H groups in total. The summed E-state index contributed by atoms with van der Waals surface area (Å²) in [5, 5.41) is 21.4. The summed E-state index contributed by atoms with van der Waals surface area (Å²) >= 11 is 0. The van der Waals surface area contributed by atoms with Crippen molar-refractivity contribution in [2.45, 2.75) is 58.8 Å². The maximum absolute atomic E-state index is 13.0. The number of para-hydroxylation sites is 1. The molecule has 198 valence electrons. The second-order valence-corrected chi connectivity index (χ2v) is 8.90. The number of carbonyl (C=O) groups is 4. The smallest absolute Gasteiger partial charge is 0.315 e. The second-order valence-electron chi connectivity index (χ2n) is 8.90. The maximum Gasteiger partial charge on any atom is 0.315 e. The minimum absolute atomic E-state index is 0.0610. The third-order valence-corrected chi connectivity index (χ3v) is 5.52. The van der Waals surface area contributed by atoms with Crippen LogP contribution in [0.15, 0.2) is 54.6 Å². The van der Waals surface area contributed by atoms with Crippen molar-refractivity contribution in [3.05, 3.63) is 75.8 Å². The van der Waals surface area contributed by atoms with Crippen LogP contribution in [0.3, 0.4) is 0 Å². The van der Waals surface area contributed by atoms with Crippen LogP contribution in [0.1, 0.15) is 44.7 Å². The summed E-state index contributed by atoms with van der Waals surface area (Å²) in [4.78, 5) is 61.2. The van der Waals surface area contributed by atoms with Crippen LogP contribution in [0.5, 0.6) is 0 Å². The van der Waals surface area contributed by atoms with Crippen LogP contribution in [0.25, 0.3) is 0 Å². The first kappa shape index (κ1) is 29.0. The summed E-state index contributed by atoms with van der Waals surface area (Å²) in [5.41, 5.74) is 0.961. The number of hydrogen-bond acceptors (Lipinski definition) is 6. The molecule has 4 amide bonds. The number of nitro benzene ring substituents is 1.